The van der Waals surface area contributed by atoms with Crippen LogP contribution in [0.4, 0.5) is 0 Å². The average molecular weight is 625 g/mol. The molecule has 12 heteroatoms. The highest BCUT2D eigenvalue weighted by Crippen LogP contribution is 2.38. The van der Waals surface area contributed by atoms with Gasteiger partial charge in [-0.1, -0.05) is 28.9 Å². The molecule has 0 spiro atoms. The van der Waals surface area contributed by atoms with Crippen LogP contribution in [0.1, 0.15) is 65.5 Å². The first-order valence-corrected chi connectivity index (χ1v) is 16.1. The van der Waals surface area contributed by atoms with Gasteiger partial charge in [-0.2, -0.15) is 12.7 Å². The van der Waals surface area contributed by atoms with Crippen molar-refractivity contribution in [2.75, 3.05) is 13.2 Å². The molecule has 0 saturated carbocycles. The van der Waals surface area contributed by atoms with Crippen LogP contribution in [0.2, 0.25) is 5.02 Å². The summed E-state index contributed by atoms with van der Waals surface area (Å²) in [5, 5.41) is 9.39. The Morgan fingerprint density at radius 1 is 1.07 bits per heavy atom. The number of benzene rings is 3. The van der Waals surface area contributed by atoms with Gasteiger partial charge in [0.2, 0.25) is 0 Å². The van der Waals surface area contributed by atoms with Crippen molar-refractivity contribution in [3.8, 4) is 11.5 Å². The standard InChI is InChI=1S/C31H33ClN4O6S/c1-4-40-30(37)16-26-21-13-22(19(2)27(32)15-21)17-35-18-23-14-24(7-10-29(23)42-43(35,38)39)41-12-6-5-11-36-28-9-8-25(26)20(3)31(28)33-34-36/h7-10,13-15,26H,4-6,11-12,16-18H2,1-3H3. The van der Waals surface area contributed by atoms with Gasteiger partial charge in [0.1, 0.15) is 17.0 Å². The Labute approximate surface area is 255 Å². The molecule has 0 aliphatic carbocycles. The van der Waals surface area contributed by atoms with Crippen molar-refractivity contribution < 1.29 is 26.9 Å². The molecule has 226 valence electrons. The summed E-state index contributed by atoms with van der Waals surface area (Å²) in [6.07, 6.45) is 1.70. The van der Waals surface area contributed by atoms with Crippen LogP contribution >= 0.6 is 11.6 Å². The Bertz CT molecular complexity index is 1820. The van der Waals surface area contributed by atoms with E-state index in [4.69, 9.17) is 25.3 Å². The Kier molecular flexibility index (Phi) is 8.06. The van der Waals surface area contributed by atoms with Gasteiger partial charge in [-0.3, -0.25) is 4.79 Å². The molecule has 3 aromatic carbocycles. The van der Waals surface area contributed by atoms with Crippen molar-refractivity contribution in [3.05, 3.63) is 80.9 Å². The minimum atomic E-state index is -4.07. The van der Waals surface area contributed by atoms with Crippen LogP contribution in [-0.4, -0.2) is 46.9 Å². The highest BCUT2D eigenvalue weighted by Gasteiger charge is 2.33. The smallest absolute Gasteiger partial charge is 0.385 e. The first kappa shape index (κ1) is 29.4. The van der Waals surface area contributed by atoms with Crippen LogP contribution in [0.15, 0.2) is 42.5 Å². The lowest BCUT2D eigenvalue weighted by Gasteiger charge is -2.29. The number of hydrogen-bond donors (Lipinski definition) is 0. The van der Waals surface area contributed by atoms with Crippen LogP contribution in [0, 0.1) is 13.8 Å². The molecule has 3 aliphatic heterocycles. The SMILES string of the molecule is CCOC(=O)CC1c2cc(Cl)c(C)c(c2)CN2Cc3cc(ccc3OS2(=O)=O)OCCCCn2nnc3c(C)c1ccc32. The van der Waals surface area contributed by atoms with Crippen molar-refractivity contribution in [1.29, 1.82) is 0 Å². The van der Waals surface area contributed by atoms with E-state index in [0.29, 0.717) is 35.1 Å². The Morgan fingerprint density at radius 2 is 1.88 bits per heavy atom. The van der Waals surface area contributed by atoms with E-state index in [9.17, 15) is 13.2 Å². The van der Waals surface area contributed by atoms with Gasteiger partial charge in [0.25, 0.3) is 0 Å². The molecule has 1 aromatic heterocycles. The summed E-state index contributed by atoms with van der Waals surface area (Å²) in [7, 11) is -4.07. The molecule has 4 heterocycles. The minimum Gasteiger partial charge on any atom is -0.494 e. The molecule has 3 aliphatic rings. The normalized spacial score (nSPS) is 19.6. The van der Waals surface area contributed by atoms with Gasteiger partial charge in [0.05, 0.1) is 25.2 Å². The monoisotopic (exact) mass is 624 g/mol. The third kappa shape index (κ3) is 5.81. The van der Waals surface area contributed by atoms with Gasteiger partial charge in [0, 0.05) is 36.1 Å². The summed E-state index contributed by atoms with van der Waals surface area (Å²) in [4.78, 5) is 12.9. The van der Waals surface area contributed by atoms with E-state index in [1.165, 1.54) is 4.31 Å². The van der Waals surface area contributed by atoms with Crippen molar-refractivity contribution in [3.63, 3.8) is 0 Å². The maximum atomic E-state index is 13.2. The number of ether oxygens (including phenoxy) is 2. The van der Waals surface area contributed by atoms with Crippen molar-refractivity contribution >= 4 is 38.9 Å². The first-order chi connectivity index (χ1) is 20.6. The van der Waals surface area contributed by atoms with Crippen LogP contribution in [0.5, 0.6) is 11.5 Å². The maximum absolute atomic E-state index is 13.2. The summed E-state index contributed by atoms with van der Waals surface area (Å²) in [6, 6.07) is 12.9. The molecular formula is C31H33ClN4O6S. The fourth-order valence-corrected chi connectivity index (χ4v) is 7.14. The number of fused-ring (bicyclic) bond motifs is 5. The van der Waals surface area contributed by atoms with Crippen LogP contribution in [0.3, 0.4) is 0 Å². The molecule has 0 amide bonds. The minimum absolute atomic E-state index is 0.0325. The van der Waals surface area contributed by atoms with Gasteiger partial charge in [-0.05, 0) is 91.8 Å². The number of aromatic nitrogens is 3. The quantitative estimate of drug-likeness (QED) is 0.271. The van der Waals surface area contributed by atoms with E-state index < -0.39 is 16.2 Å². The maximum Gasteiger partial charge on any atom is 0.385 e. The lowest BCUT2D eigenvalue weighted by atomic mass is 9.84. The molecule has 43 heavy (non-hydrogen) atoms. The summed E-state index contributed by atoms with van der Waals surface area (Å²) < 4.78 is 46.4. The number of aryl methyl sites for hydroxylation is 2. The molecule has 0 radical (unpaired) electrons. The lowest BCUT2D eigenvalue weighted by Crippen LogP contribution is -2.37. The van der Waals surface area contributed by atoms with Gasteiger partial charge < -0.3 is 13.7 Å². The summed E-state index contributed by atoms with van der Waals surface area (Å²) in [6.45, 7) is 7.19. The number of carbonyl (C=O) groups excluding carboxylic acids is 1. The molecule has 0 fully saturated rings. The average Bonchev–Trinajstić information content (AvgIpc) is 3.38. The predicted octanol–water partition coefficient (Wildman–Crippen LogP) is 5.60. The topological polar surface area (TPSA) is 113 Å². The highest BCUT2D eigenvalue weighted by molar-refractivity contribution is 7.84. The summed E-state index contributed by atoms with van der Waals surface area (Å²) in [5.41, 5.74) is 6.42. The third-order valence-electron chi connectivity index (χ3n) is 8.18. The van der Waals surface area contributed by atoms with Crippen LogP contribution in [0.25, 0.3) is 11.0 Å². The summed E-state index contributed by atoms with van der Waals surface area (Å²) in [5.74, 6) is 0.182. The van der Waals surface area contributed by atoms with Gasteiger partial charge in [-0.25, -0.2) is 4.68 Å². The highest BCUT2D eigenvalue weighted by atomic mass is 35.5. The second kappa shape index (κ2) is 11.8. The molecule has 0 N–H and O–H groups in total. The van der Waals surface area contributed by atoms with Gasteiger partial charge in [0.15, 0.2) is 0 Å². The molecular weight excluding hydrogens is 592 g/mol. The van der Waals surface area contributed by atoms with Crippen molar-refractivity contribution in [1.82, 2.24) is 19.3 Å². The van der Waals surface area contributed by atoms with E-state index in [1.807, 2.05) is 48.9 Å². The fourth-order valence-electron chi connectivity index (χ4n) is 5.81. The van der Waals surface area contributed by atoms with Gasteiger partial charge in [-0.15, -0.1) is 5.10 Å². The molecule has 7 rings (SSSR count). The fraction of sp³-hybridized carbons (Fsp3) is 0.387. The molecule has 9 bridgehead atoms. The molecule has 10 nitrogen and oxygen atoms in total. The zero-order chi connectivity index (χ0) is 30.3. The molecule has 2 unspecified atom stereocenters. The second-order valence-electron chi connectivity index (χ2n) is 10.9. The number of hydrogen-bond acceptors (Lipinski definition) is 8. The van der Waals surface area contributed by atoms with Crippen LogP contribution < -0.4 is 8.92 Å². The van der Waals surface area contributed by atoms with Crippen LogP contribution in [-0.2, 0) is 39.5 Å². The number of esters is 1. The number of rotatable bonds is 3. The zero-order valence-corrected chi connectivity index (χ0v) is 25.9. The van der Waals surface area contributed by atoms with E-state index >= 15 is 0 Å². The van der Waals surface area contributed by atoms with E-state index in [2.05, 4.69) is 10.3 Å². The van der Waals surface area contributed by atoms with Crippen molar-refractivity contribution in [2.24, 2.45) is 0 Å². The second-order valence-corrected chi connectivity index (χ2v) is 12.9. The predicted molar refractivity (Wildman–Crippen MR) is 162 cm³/mol. The zero-order valence-electron chi connectivity index (χ0n) is 24.3. The largest absolute Gasteiger partial charge is 0.494 e. The summed E-state index contributed by atoms with van der Waals surface area (Å²) >= 11 is 6.78. The molecule has 0 saturated heterocycles. The van der Waals surface area contributed by atoms with Crippen molar-refractivity contribution in [2.45, 2.75) is 65.6 Å². The Balaban J connectivity index is 1.49. The number of nitrogens with zero attached hydrogens (tertiary/aromatic N) is 4. The lowest BCUT2D eigenvalue weighted by molar-refractivity contribution is -0.143. The van der Waals surface area contributed by atoms with E-state index in [1.54, 1.807) is 19.1 Å². The number of carbonyl (C=O) groups is 1. The Morgan fingerprint density at radius 3 is 2.70 bits per heavy atom. The van der Waals surface area contributed by atoms with E-state index in [0.717, 1.165) is 46.1 Å². The van der Waals surface area contributed by atoms with E-state index in [-0.39, 0.29) is 37.8 Å². The Hall–Kier alpha value is -3.67. The third-order valence-corrected chi connectivity index (χ3v) is 9.85. The number of halogens is 1. The first-order valence-electron chi connectivity index (χ1n) is 14.4. The molecule has 2 atom stereocenters. The molecule has 4 aromatic rings. The van der Waals surface area contributed by atoms with Gasteiger partial charge >= 0.3 is 16.3 Å².